The maximum Gasteiger partial charge on any atom is 0.259 e. The van der Waals surface area contributed by atoms with Crippen molar-refractivity contribution in [3.8, 4) is 5.75 Å². The Labute approximate surface area is 169 Å². The largest absolute Gasteiger partial charge is 0.507 e. The molecule has 3 N–H and O–H groups in total. The van der Waals surface area contributed by atoms with E-state index in [4.69, 9.17) is 0 Å². The van der Waals surface area contributed by atoms with E-state index in [2.05, 4.69) is 54.3 Å². The highest BCUT2D eigenvalue weighted by molar-refractivity contribution is 9.11. The summed E-state index contributed by atoms with van der Waals surface area (Å²) in [5.41, 5.74) is 5.62. The van der Waals surface area contributed by atoms with Crippen LogP contribution in [0.1, 0.15) is 16.7 Å². The fourth-order valence-electron chi connectivity index (χ4n) is 2.29. The van der Waals surface area contributed by atoms with E-state index in [1.165, 1.54) is 6.21 Å². The number of aromatic hydroxyl groups is 1. The molecule has 0 spiro atoms. The van der Waals surface area contributed by atoms with Crippen molar-refractivity contribution < 1.29 is 9.90 Å². The number of aryl methyl sites for hydroxylation is 1. The van der Waals surface area contributed by atoms with Crippen molar-refractivity contribution in [1.29, 1.82) is 0 Å². The van der Waals surface area contributed by atoms with E-state index < -0.39 is 0 Å². The molecule has 0 aromatic heterocycles. The van der Waals surface area contributed by atoms with E-state index in [0.717, 1.165) is 25.8 Å². The Bertz CT molecular complexity index is 828. The SMILES string of the molecule is C=CCc1cccc(/C=N/NC(=O)CNc2c(Br)cc(C)cc2Br)c1O. The number of amides is 1. The molecule has 0 bridgehead atoms. The van der Waals surface area contributed by atoms with Crippen LogP contribution in [0.3, 0.4) is 0 Å². The number of para-hydroxylation sites is 1. The average molecular weight is 481 g/mol. The number of allylic oxidation sites excluding steroid dienone is 1. The minimum atomic E-state index is -0.303. The van der Waals surface area contributed by atoms with Crippen molar-refractivity contribution in [2.75, 3.05) is 11.9 Å². The van der Waals surface area contributed by atoms with Crippen LogP contribution in [-0.2, 0) is 11.2 Å². The Morgan fingerprint density at radius 1 is 1.31 bits per heavy atom. The van der Waals surface area contributed by atoms with Crippen molar-refractivity contribution in [3.05, 3.63) is 68.6 Å². The highest BCUT2D eigenvalue weighted by atomic mass is 79.9. The molecule has 0 aliphatic carbocycles. The lowest BCUT2D eigenvalue weighted by Gasteiger charge is -2.11. The molecule has 0 atom stereocenters. The maximum atomic E-state index is 12.0. The molecule has 5 nitrogen and oxygen atoms in total. The van der Waals surface area contributed by atoms with Crippen molar-refractivity contribution in [2.24, 2.45) is 5.10 Å². The van der Waals surface area contributed by atoms with Crippen molar-refractivity contribution in [1.82, 2.24) is 5.43 Å². The average Bonchev–Trinajstić information content (AvgIpc) is 2.57. The van der Waals surface area contributed by atoms with Gasteiger partial charge in [-0.15, -0.1) is 6.58 Å². The van der Waals surface area contributed by atoms with Crippen molar-refractivity contribution >= 4 is 49.7 Å². The number of anilines is 1. The topological polar surface area (TPSA) is 73.7 Å². The van der Waals surface area contributed by atoms with Crippen LogP contribution < -0.4 is 10.7 Å². The number of benzene rings is 2. The number of hydrogen-bond acceptors (Lipinski definition) is 4. The van der Waals surface area contributed by atoms with Gasteiger partial charge < -0.3 is 10.4 Å². The number of hydrogen-bond donors (Lipinski definition) is 3. The number of phenols is 1. The van der Waals surface area contributed by atoms with Gasteiger partial charge in [0.25, 0.3) is 5.91 Å². The first-order valence-corrected chi connectivity index (χ1v) is 9.44. The van der Waals surface area contributed by atoms with Gasteiger partial charge in [0.1, 0.15) is 5.75 Å². The lowest BCUT2D eigenvalue weighted by Crippen LogP contribution is -2.26. The Morgan fingerprint density at radius 3 is 2.65 bits per heavy atom. The fraction of sp³-hybridized carbons (Fsp3) is 0.158. The molecule has 0 unspecified atom stereocenters. The van der Waals surface area contributed by atoms with Crippen LogP contribution in [0.4, 0.5) is 5.69 Å². The molecule has 2 aromatic carbocycles. The molecule has 0 saturated heterocycles. The van der Waals surface area contributed by atoms with Gasteiger partial charge >= 0.3 is 0 Å². The molecule has 0 aliphatic heterocycles. The van der Waals surface area contributed by atoms with E-state index in [1.807, 2.05) is 31.2 Å². The first kappa shape index (κ1) is 20.2. The first-order chi connectivity index (χ1) is 12.4. The summed E-state index contributed by atoms with van der Waals surface area (Å²) in [5.74, 6) is -0.168. The summed E-state index contributed by atoms with van der Waals surface area (Å²) in [6, 6.07) is 9.27. The summed E-state index contributed by atoms with van der Waals surface area (Å²) in [6.07, 6.45) is 3.69. The first-order valence-electron chi connectivity index (χ1n) is 7.85. The van der Waals surface area contributed by atoms with E-state index in [0.29, 0.717) is 12.0 Å². The van der Waals surface area contributed by atoms with Gasteiger partial charge in [-0.3, -0.25) is 4.79 Å². The van der Waals surface area contributed by atoms with E-state index >= 15 is 0 Å². The van der Waals surface area contributed by atoms with Gasteiger partial charge in [0.15, 0.2) is 0 Å². The summed E-state index contributed by atoms with van der Waals surface area (Å²) in [4.78, 5) is 12.0. The van der Waals surface area contributed by atoms with E-state index in [-0.39, 0.29) is 18.2 Å². The Morgan fingerprint density at radius 2 is 2.00 bits per heavy atom. The standard InChI is InChI=1S/C19H19Br2N3O2/c1-3-5-13-6-4-7-14(19(13)26)10-23-24-17(25)11-22-18-15(20)8-12(2)9-16(18)21/h3-4,6-10,22,26H,1,5,11H2,2H3,(H,24,25)/b23-10+. The number of carbonyl (C=O) groups excluding carboxylic acids is 1. The molecular formula is C19H19Br2N3O2. The Balaban J connectivity index is 1.94. The smallest absolute Gasteiger partial charge is 0.259 e. The second-order valence-corrected chi connectivity index (χ2v) is 7.31. The third kappa shape index (κ3) is 5.44. The van der Waals surface area contributed by atoms with Crippen LogP contribution in [0, 0.1) is 6.92 Å². The second-order valence-electron chi connectivity index (χ2n) is 5.60. The molecule has 26 heavy (non-hydrogen) atoms. The Hall–Kier alpha value is -2.12. The molecular weight excluding hydrogens is 462 g/mol. The molecule has 2 aromatic rings. The van der Waals surface area contributed by atoms with Gasteiger partial charge in [-0.25, -0.2) is 5.43 Å². The quantitative estimate of drug-likeness (QED) is 0.310. The number of halogens is 2. The number of rotatable bonds is 7. The van der Waals surface area contributed by atoms with E-state index in [1.54, 1.807) is 12.1 Å². The molecule has 2 rings (SSSR count). The lowest BCUT2D eigenvalue weighted by atomic mass is 10.1. The Kier molecular flexibility index (Phi) is 7.41. The highest BCUT2D eigenvalue weighted by Gasteiger charge is 2.08. The summed E-state index contributed by atoms with van der Waals surface area (Å²) in [7, 11) is 0. The zero-order chi connectivity index (χ0) is 19.1. The summed E-state index contributed by atoms with van der Waals surface area (Å²) in [5, 5.41) is 17.1. The van der Waals surface area contributed by atoms with E-state index in [9.17, 15) is 9.90 Å². The molecule has 0 radical (unpaired) electrons. The van der Waals surface area contributed by atoms with Gasteiger partial charge in [0.05, 0.1) is 18.4 Å². The van der Waals surface area contributed by atoms with Crippen LogP contribution >= 0.6 is 31.9 Å². The van der Waals surface area contributed by atoms with Crippen molar-refractivity contribution in [2.45, 2.75) is 13.3 Å². The maximum absolute atomic E-state index is 12.0. The fourth-order valence-corrected chi connectivity index (χ4v) is 3.98. The van der Waals surface area contributed by atoms with Gasteiger partial charge in [0, 0.05) is 14.5 Å². The van der Waals surface area contributed by atoms with Crippen LogP contribution in [0.15, 0.2) is 57.0 Å². The van der Waals surface area contributed by atoms with Gasteiger partial charge in [0.2, 0.25) is 0 Å². The predicted molar refractivity (Wildman–Crippen MR) is 113 cm³/mol. The minimum absolute atomic E-state index is 0.0556. The zero-order valence-corrected chi connectivity index (χ0v) is 17.4. The molecule has 0 aliphatic rings. The molecule has 0 saturated carbocycles. The number of nitrogens with one attached hydrogen (secondary N) is 2. The lowest BCUT2D eigenvalue weighted by molar-refractivity contribution is -0.119. The van der Waals surface area contributed by atoms with Crippen LogP contribution in [0.25, 0.3) is 0 Å². The van der Waals surface area contributed by atoms with Crippen LogP contribution in [0.5, 0.6) is 5.75 Å². The molecule has 136 valence electrons. The molecule has 0 heterocycles. The van der Waals surface area contributed by atoms with Gasteiger partial charge in [-0.1, -0.05) is 18.2 Å². The van der Waals surface area contributed by atoms with Gasteiger partial charge in [-0.05, 0) is 74.5 Å². The summed E-state index contributed by atoms with van der Waals surface area (Å²) < 4.78 is 1.73. The summed E-state index contributed by atoms with van der Waals surface area (Å²) >= 11 is 6.94. The molecule has 1 amide bonds. The number of carbonyl (C=O) groups is 1. The molecule has 7 heteroatoms. The third-order valence-corrected chi connectivity index (χ3v) is 4.77. The van der Waals surface area contributed by atoms with Crippen LogP contribution in [0.2, 0.25) is 0 Å². The number of nitrogens with zero attached hydrogens (tertiary/aromatic N) is 1. The highest BCUT2D eigenvalue weighted by Crippen LogP contribution is 2.32. The minimum Gasteiger partial charge on any atom is -0.507 e. The monoisotopic (exact) mass is 479 g/mol. The van der Waals surface area contributed by atoms with Crippen molar-refractivity contribution in [3.63, 3.8) is 0 Å². The van der Waals surface area contributed by atoms with Crippen LogP contribution in [-0.4, -0.2) is 23.8 Å². The predicted octanol–water partition coefficient (Wildman–Crippen LogP) is 4.52. The third-order valence-electron chi connectivity index (χ3n) is 3.52. The second kappa shape index (κ2) is 9.54. The zero-order valence-electron chi connectivity index (χ0n) is 14.2. The number of hydrazone groups is 1. The number of phenolic OH excluding ortho intramolecular Hbond substituents is 1. The normalized spacial score (nSPS) is 10.7. The summed E-state index contributed by atoms with van der Waals surface area (Å²) in [6.45, 7) is 5.70. The molecule has 0 fully saturated rings. The van der Waals surface area contributed by atoms with Gasteiger partial charge in [-0.2, -0.15) is 5.10 Å².